The molecule has 6 heteroatoms. The van der Waals surface area contributed by atoms with Crippen LogP contribution in [0.1, 0.15) is 12.1 Å². The van der Waals surface area contributed by atoms with E-state index in [4.69, 9.17) is 21.1 Å². The third-order valence-electron chi connectivity index (χ3n) is 2.66. The highest BCUT2D eigenvalue weighted by molar-refractivity contribution is 6.31. The number of ether oxygens (including phenoxy) is 2. The molecule has 0 saturated carbocycles. The van der Waals surface area contributed by atoms with Gasteiger partial charge in [-0.05, 0) is 19.4 Å². The number of halogens is 1. The lowest BCUT2D eigenvalue weighted by Gasteiger charge is -2.08. The predicted octanol–water partition coefficient (Wildman–Crippen LogP) is 1.35. The van der Waals surface area contributed by atoms with Crippen molar-refractivity contribution in [3.8, 4) is 0 Å². The van der Waals surface area contributed by atoms with Crippen molar-refractivity contribution >= 4 is 11.6 Å². The second kappa shape index (κ2) is 9.33. The molecule has 0 unspecified atom stereocenters. The molecule has 18 heavy (non-hydrogen) atoms. The van der Waals surface area contributed by atoms with Gasteiger partial charge in [-0.1, -0.05) is 11.6 Å². The molecule has 1 N–H and O–H groups in total. The molecule has 0 aliphatic carbocycles. The van der Waals surface area contributed by atoms with Crippen LogP contribution in [0.5, 0.6) is 0 Å². The average Bonchev–Trinajstić information content (AvgIpc) is 2.72. The minimum atomic E-state index is 0.650. The molecule has 0 amide bonds. The quantitative estimate of drug-likeness (QED) is 0.655. The van der Waals surface area contributed by atoms with Crippen molar-refractivity contribution in [3.63, 3.8) is 0 Å². The first-order chi connectivity index (χ1) is 8.79. The Morgan fingerprint density at radius 2 is 2.06 bits per heavy atom. The number of methoxy groups -OCH3 is 2. The largest absolute Gasteiger partial charge is 0.383 e. The Hall–Kier alpha value is -0.620. The molecule has 0 radical (unpaired) electrons. The van der Waals surface area contributed by atoms with Gasteiger partial charge in [0.05, 0.1) is 36.7 Å². The molecule has 0 saturated heterocycles. The fraction of sp³-hybridized carbons (Fsp3) is 0.750. The lowest BCUT2D eigenvalue weighted by atomic mass is 10.2. The van der Waals surface area contributed by atoms with E-state index in [2.05, 4.69) is 10.4 Å². The molecule has 0 atom stereocenters. The highest BCUT2D eigenvalue weighted by Crippen LogP contribution is 2.16. The van der Waals surface area contributed by atoms with Crippen LogP contribution in [0.2, 0.25) is 5.02 Å². The summed E-state index contributed by atoms with van der Waals surface area (Å²) in [6.07, 6.45) is 3.65. The van der Waals surface area contributed by atoms with Gasteiger partial charge >= 0.3 is 0 Å². The summed E-state index contributed by atoms with van der Waals surface area (Å²) >= 11 is 6.12. The molecule has 0 fully saturated rings. The summed E-state index contributed by atoms with van der Waals surface area (Å²) < 4.78 is 11.9. The van der Waals surface area contributed by atoms with Gasteiger partial charge < -0.3 is 14.8 Å². The fourth-order valence-corrected chi connectivity index (χ4v) is 1.92. The third kappa shape index (κ3) is 5.35. The highest BCUT2D eigenvalue weighted by atomic mass is 35.5. The lowest BCUT2D eigenvalue weighted by Crippen LogP contribution is -2.21. The third-order valence-corrected chi connectivity index (χ3v) is 2.97. The van der Waals surface area contributed by atoms with Gasteiger partial charge in [-0.15, -0.1) is 0 Å². The molecule has 0 aliphatic rings. The first-order valence-electron chi connectivity index (χ1n) is 6.18. The Labute approximate surface area is 113 Å². The normalized spacial score (nSPS) is 11.1. The number of nitrogens with one attached hydrogen (secondary N) is 1. The maximum atomic E-state index is 6.12. The number of aromatic nitrogens is 2. The Bertz CT molecular complexity index is 331. The SMILES string of the molecule is COCCNCCCc1c(Cl)cnn1CCOC. The topological polar surface area (TPSA) is 48.3 Å². The molecular weight excluding hydrogens is 254 g/mol. The molecular formula is C12H22ClN3O2. The minimum absolute atomic E-state index is 0.650. The van der Waals surface area contributed by atoms with Gasteiger partial charge in [0.15, 0.2) is 0 Å². The smallest absolute Gasteiger partial charge is 0.0817 e. The van der Waals surface area contributed by atoms with E-state index in [1.165, 1.54) is 0 Å². The number of nitrogens with zero attached hydrogens (tertiary/aromatic N) is 2. The molecule has 0 aliphatic heterocycles. The zero-order valence-electron chi connectivity index (χ0n) is 11.1. The summed E-state index contributed by atoms with van der Waals surface area (Å²) in [6.45, 7) is 3.97. The summed E-state index contributed by atoms with van der Waals surface area (Å²) in [5.41, 5.74) is 1.09. The average molecular weight is 276 g/mol. The van der Waals surface area contributed by atoms with Gasteiger partial charge in [0.25, 0.3) is 0 Å². The van der Waals surface area contributed by atoms with Crippen LogP contribution in [0, 0.1) is 0 Å². The molecule has 1 rings (SSSR count). The molecule has 1 heterocycles. The fourth-order valence-electron chi connectivity index (χ4n) is 1.69. The predicted molar refractivity (Wildman–Crippen MR) is 72.2 cm³/mol. The second-order valence-corrected chi connectivity index (χ2v) is 4.41. The first kappa shape index (κ1) is 15.4. The molecule has 0 bridgehead atoms. The van der Waals surface area contributed by atoms with Crippen molar-refractivity contribution in [2.24, 2.45) is 0 Å². The molecule has 0 aromatic carbocycles. The summed E-state index contributed by atoms with van der Waals surface area (Å²) in [7, 11) is 3.39. The van der Waals surface area contributed by atoms with Crippen molar-refractivity contribution < 1.29 is 9.47 Å². The van der Waals surface area contributed by atoms with Crippen LogP contribution >= 0.6 is 11.6 Å². The van der Waals surface area contributed by atoms with Gasteiger partial charge in [-0.25, -0.2) is 0 Å². The van der Waals surface area contributed by atoms with Crippen molar-refractivity contribution in [3.05, 3.63) is 16.9 Å². The zero-order valence-corrected chi connectivity index (χ0v) is 11.9. The van der Waals surface area contributed by atoms with E-state index in [-0.39, 0.29) is 0 Å². The molecule has 5 nitrogen and oxygen atoms in total. The van der Waals surface area contributed by atoms with E-state index in [1.807, 2.05) is 4.68 Å². The van der Waals surface area contributed by atoms with E-state index in [1.54, 1.807) is 20.4 Å². The minimum Gasteiger partial charge on any atom is -0.383 e. The van der Waals surface area contributed by atoms with Gasteiger partial charge in [0, 0.05) is 20.8 Å². The monoisotopic (exact) mass is 275 g/mol. The van der Waals surface area contributed by atoms with Crippen molar-refractivity contribution in [2.45, 2.75) is 19.4 Å². The van der Waals surface area contributed by atoms with Gasteiger partial charge in [-0.2, -0.15) is 5.10 Å². The number of hydrogen-bond donors (Lipinski definition) is 1. The summed E-state index contributed by atoms with van der Waals surface area (Å²) in [4.78, 5) is 0. The van der Waals surface area contributed by atoms with E-state index in [0.717, 1.165) is 49.8 Å². The van der Waals surface area contributed by atoms with E-state index < -0.39 is 0 Å². The van der Waals surface area contributed by atoms with Crippen molar-refractivity contribution in [1.29, 1.82) is 0 Å². The molecule has 104 valence electrons. The lowest BCUT2D eigenvalue weighted by molar-refractivity contribution is 0.182. The van der Waals surface area contributed by atoms with Crippen molar-refractivity contribution in [1.82, 2.24) is 15.1 Å². The maximum absolute atomic E-state index is 6.12. The molecule has 1 aromatic heterocycles. The Morgan fingerprint density at radius 1 is 1.28 bits per heavy atom. The maximum Gasteiger partial charge on any atom is 0.0817 e. The van der Waals surface area contributed by atoms with Crippen LogP contribution in [-0.2, 0) is 22.4 Å². The van der Waals surface area contributed by atoms with Crippen LogP contribution in [0.15, 0.2) is 6.20 Å². The summed E-state index contributed by atoms with van der Waals surface area (Å²) in [6, 6.07) is 0. The highest BCUT2D eigenvalue weighted by Gasteiger charge is 2.08. The summed E-state index contributed by atoms with van der Waals surface area (Å²) in [5, 5.41) is 8.29. The molecule has 1 aromatic rings. The van der Waals surface area contributed by atoms with Crippen molar-refractivity contribution in [2.75, 3.05) is 40.5 Å². The van der Waals surface area contributed by atoms with E-state index in [9.17, 15) is 0 Å². The molecule has 0 spiro atoms. The second-order valence-electron chi connectivity index (χ2n) is 4.00. The van der Waals surface area contributed by atoms with E-state index >= 15 is 0 Å². The van der Waals surface area contributed by atoms with Gasteiger partial charge in [-0.3, -0.25) is 4.68 Å². The Balaban J connectivity index is 2.29. The first-order valence-corrected chi connectivity index (χ1v) is 6.56. The Morgan fingerprint density at radius 3 is 2.78 bits per heavy atom. The standard InChI is InChI=1S/C12H22ClN3O2/c1-17-8-6-14-5-3-4-12-11(13)10-15-16(12)7-9-18-2/h10,14H,3-9H2,1-2H3. The van der Waals surface area contributed by atoms with Crippen LogP contribution in [-0.4, -0.2) is 50.3 Å². The number of hydrogen-bond acceptors (Lipinski definition) is 4. The van der Waals surface area contributed by atoms with Gasteiger partial charge in [0.2, 0.25) is 0 Å². The Kier molecular flexibility index (Phi) is 8.00. The van der Waals surface area contributed by atoms with Crippen LogP contribution in [0.4, 0.5) is 0 Å². The summed E-state index contributed by atoms with van der Waals surface area (Å²) in [5.74, 6) is 0. The van der Waals surface area contributed by atoms with E-state index in [0.29, 0.717) is 6.61 Å². The van der Waals surface area contributed by atoms with Crippen LogP contribution in [0.3, 0.4) is 0 Å². The van der Waals surface area contributed by atoms with Gasteiger partial charge in [0.1, 0.15) is 0 Å². The van der Waals surface area contributed by atoms with Crippen LogP contribution < -0.4 is 5.32 Å². The zero-order chi connectivity index (χ0) is 13.2. The van der Waals surface area contributed by atoms with Crippen LogP contribution in [0.25, 0.3) is 0 Å². The number of rotatable bonds is 10.